The van der Waals surface area contributed by atoms with E-state index in [9.17, 15) is 4.79 Å². The SMILES string of the molecule is Cc1ccc([C@@H](NC(=O)Nc2ccnn2C)C2CC2)cc1. The zero-order valence-corrected chi connectivity index (χ0v) is 12.3. The average Bonchev–Trinajstić information content (AvgIpc) is 3.23. The zero-order chi connectivity index (χ0) is 14.8. The molecule has 1 aromatic carbocycles. The Morgan fingerprint density at radius 1 is 1.29 bits per heavy atom. The van der Waals surface area contributed by atoms with Crippen LogP contribution in [0.25, 0.3) is 0 Å². The van der Waals surface area contributed by atoms with Crippen molar-refractivity contribution in [2.24, 2.45) is 13.0 Å². The molecule has 0 bridgehead atoms. The van der Waals surface area contributed by atoms with Crippen LogP contribution in [0.3, 0.4) is 0 Å². The number of aromatic nitrogens is 2. The van der Waals surface area contributed by atoms with Crippen LogP contribution in [0.5, 0.6) is 0 Å². The van der Waals surface area contributed by atoms with E-state index in [2.05, 4.69) is 46.9 Å². The fourth-order valence-electron chi connectivity index (χ4n) is 2.47. The van der Waals surface area contributed by atoms with Gasteiger partial charge in [-0.25, -0.2) is 4.79 Å². The second-order valence-corrected chi connectivity index (χ2v) is 5.66. The van der Waals surface area contributed by atoms with Crippen molar-refractivity contribution in [1.29, 1.82) is 0 Å². The molecule has 1 heterocycles. The van der Waals surface area contributed by atoms with Crippen LogP contribution < -0.4 is 10.6 Å². The first-order chi connectivity index (χ1) is 10.1. The highest BCUT2D eigenvalue weighted by atomic mass is 16.2. The van der Waals surface area contributed by atoms with Gasteiger partial charge >= 0.3 is 6.03 Å². The molecule has 21 heavy (non-hydrogen) atoms. The largest absolute Gasteiger partial charge is 0.331 e. The molecule has 110 valence electrons. The van der Waals surface area contributed by atoms with Crippen LogP contribution in [0, 0.1) is 12.8 Å². The Labute approximate surface area is 124 Å². The van der Waals surface area contributed by atoms with Crippen molar-refractivity contribution in [1.82, 2.24) is 15.1 Å². The molecule has 1 aromatic heterocycles. The molecule has 0 aliphatic heterocycles. The fraction of sp³-hybridized carbons (Fsp3) is 0.375. The number of carbonyl (C=O) groups is 1. The number of nitrogens with one attached hydrogen (secondary N) is 2. The summed E-state index contributed by atoms with van der Waals surface area (Å²) in [6, 6.07) is 10.1. The quantitative estimate of drug-likeness (QED) is 0.906. The van der Waals surface area contributed by atoms with Gasteiger partial charge in [0.25, 0.3) is 0 Å². The van der Waals surface area contributed by atoms with E-state index in [0.29, 0.717) is 11.7 Å². The first kappa shape index (κ1) is 13.7. The van der Waals surface area contributed by atoms with Crippen LogP contribution in [0.4, 0.5) is 10.6 Å². The van der Waals surface area contributed by atoms with Gasteiger partial charge < -0.3 is 5.32 Å². The molecule has 1 aliphatic rings. The van der Waals surface area contributed by atoms with Crippen molar-refractivity contribution in [3.63, 3.8) is 0 Å². The molecule has 1 aliphatic carbocycles. The summed E-state index contributed by atoms with van der Waals surface area (Å²) in [5, 5.41) is 9.96. The van der Waals surface area contributed by atoms with Gasteiger partial charge in [0.15, 0.2) is 0 Å². The number of hydrogen-bond donors (Lipinski definition) is 2. The van der Waals surface area contributed by atoms with Crippen molar-refractivity contribution in [2.45, 2.75) is 25.8 Å². The average molecular weight is 284 g/mol. The van der Waals surface area contributed by atoms with E-state index in [1.807, 2.05) is 0 Å². The second kappa shape index (κ2) is 5.60. The van der Waals surface area contributed by atoms with E-state index in [-0.39, 0.29) is 12.1 Å². The standard InChI is InChI=1S/C16H20N4O/c1-11-3-5-12(6-4-11)15(13-7-8-13)19-16(21)18-14-9-10-17-20(14)2/h3-6,9-10,13,15H,7-8H2,1-2H3,(H2,18,19,21)/t15-/m1/s1. The van der Waals surface area contributed by atoms with E-state index < -0.39 is 0 Å². The van der Waals surface area contributed by atoms with Crippen molar-refractivity contribution in [3.05, 3.63) is 47.7 Å². The lowest BCUT2D eigenvalue weighted by Gasteiger charge is -2.19. The number of aryl methyl sites for hydroxylation is 2. The third kappa shape index (κ3) is 3.24. The smallest absolute Gasteiger partial charge is 0.320 e. The molecular formula is C16H20N4O. The van der Waals surface area contributed by atoms with Crippen LogP contribution in [0.2, 0.25) is 0 Å². The Balaban J connectivity index is 1.69. The van der Waals surface area contributed by atoms with Gasteiger partial charge in [0.1, 0.15) is 5.82 Å². The maximum atomic E-state index is 12.2. The first-order valence-electron chi connectivity index (χ1n) is 7.25. The summed E-state index contributed by atoms with van der Waals surface area (Å²) in [4.78, 5) is 12.2. The van der Waals surface area contributed by atoms with Crippen LogP contribution in [0.1, 0.15) is 30.0 Å². The lowest BCUT2D eigenvalue weighted by atomic mass is 10.0. The highest BCUT2D eigenvalue weighted by molar-refractivity contribution is 5.88. The Bertz CT molecular complexity index is 628. The fourth-order valence-corrected chi connectivity index (χ4v) is 2.47. The molecule has 0 saturated heterocycles. The molecule has 5 heteroatoms. The van der Waals surface area contributed by atoms with E-state index in [4.69, 9.17) is 0 Å². The highest BCUT2D eigenvalue weighted by Crippen LogP contribution is 2.41. The van der Waals surface area contributed by atoms with Gasteiger partial charge in [0.2, 0.25) is 0 Å². The summed E-state index contributed by atoms with van der Waals surface area (Å²) in [5.41, 5.74) is 2.40. The van der Waals surface area contributed by atoms with Gasteiger partial charge in [-0.05, 0) is 31.2 Å². The summed E-state index contributed by atoms with van der Waals surface area (Å²) in [6.07, 6.45) is 4.00. The summed E-state index contributed by atoms with van der Waals surface area (Å²) in [5.74, 6) is 1.23. The molecule has 3 rings (SSSR count). The van der Waals surface area contributed by atoms with E-state index in [1.54, 1.807) is 24.0 Å². The minimum atomic E-state index is -0.184. The maximum Gasteiger partial charge on any atom is 0.320 e. The number of benzene rings is 1. The molecule has 1 saturated carbocycles. The van der Waals surface area contributed by atoms with Crippen LogP contribution in [-0.2, 0) is 7.05 Å². The Morgan fingerprint density at radius 3 is 2.57 bits per heavy atom. The number of rotatable bonds is 4. The molecule has 2 N–H and O–H groups in total. The third-order valence-corrected chi connectivity index (χ3v) is 3.88. The number of nitrogens with zero attached hydrogens (tertiary/aromatic N) is 2. The monoisotopic (exact) mass is 284 g/mol. The lowest BCUT2D eigenvalue weighted by molar-refractivity contribution is 0.247. The molecular weight excluding hydrogens is 264 g/mol. The van der Waals surface area contributed by atoms with Crippen LogP contribution in [0.15, 0.2) is 36.5 Å². The van der Waals surface area contributed by atoms with Gasteiger partial charge in [-0.15, -0.1) is 0 Å². The lowest BCUT2D eigenvalue weighted by Crippen LogP contribution is -2.34. The van der Waals surface area contributed by atoms with Gasteiger partial charge in [0.05, 0.1) is 12.2 Å². The number of urea groups is 1. The second-order valence-electron chi connectivity index (χ2n) is 5.66. The Morgan fingerprint density at radius 2 is 2.00 bits per heavy atom. The predicted molar refractivity (Wildman–Crippen MR) is 82.0 cm³/mol. The van der Waals surface area contributed by atoms with Gasteiger partial charge in [-0.1, -0.05) is 29.8 Å². The summed E-state index contributed by atoms with van der Waals surface area (Å²) in [7, 11) is 1.80. The van der Waals surface area contributed by atoms with E-state index in [1.165, 1.54) is 24.0 Å². The maximum absolute atomic E-state index is 12.2. The van der Waals surface area contributed by atoms with Crippen molar-refractivity contribution < 1.29 is 4.79 Å². The van der Waals surface area contributed by atoms with Crippen molar-refractivity contribution in [2.75, 3.05) is 5.32 Å². The number of hydrogen-bond acceptors (Lipinski definition) is 2. The predicted octanol–water partition coefficient (Wildman–Crippen LogP) is 3.00. The number of carbonyl (C=O) groups excluding carboxylic acids is 1. The van der Waals surface area contributed by atoms with Gasteiger partial charge in [-0.3, -0.25) is 10.00 Å². The molecule has 5 nitrogen and oxygen atoms in total. The molecule has 1 fully saturated rings. The van der Waals surface area contributed by atoms with Crippen LogP contribution >= 0.6 is 0 Å². The number of amides is 2. The molecule has 0 unspecified atom stereocenters. The van der Waals surface area contributed by atoms with Crippen LogP contribution in [-0.4, -0.2) is 15.8 Å². The molecule has 2 aromatic rings. The van der Waals surface area contributed by atoms with Crippen molar-refractivity contribution >= 4 is 11.8 Å². The van der Waals surface area contributed by atoms with E-state index >= 15 is 0 Å². The zero-order valence-electron chi connectivity index (χ0n) is 12.3. The summed E-state index contributed by atoms with van der Waals surface area (Å²) in [6.45, 7) is 2.07. The van der Waals surface area contributed by atoms with E-state index in [0.717, 1.165) is 0 Å². The Hall–Kier alpha value is -2.30. The van der Waals surface area contributed by atoms with Crippen molar-refractivity contribution in [3.8, 4) is 0 Å². The minimum Gasteiger partial charge on any atom is -0.331 e. The topological polar surface area (TPSA) is 59.0 Å². The molecule has 2 amide bonds. The first-order valence-corrected chi connectivity index (χ1v) is 7.25. The Kier molecular flexibility index (Phi) is 3.64. The highest BCUT2D eigenvalue weighted by Gasteiger charge is 2.33. The minimum absolute atomic E-state index is 0.0822. The van der Waals surface area contributed by atoms with Gasteiger partial charge in [-0.2, -0.15) is 5.10 Å². The summed E-state index contributed by atoms with van der Waals surface area (Å²) >= 11 is 0. The van der Waals surface area contributed by atoms with Gasteiger partial charge in [0, 0.05) is 13.1 Å². The normalized spacial score (nSPS) is 15.5. The molecule has 0 radical (unpaired) electrons. The third-order valence-electron chi connectivity index (χ3n) is 3.88. The number of anilines is 1. The molecule has 1 atom stereocenters. The molecule has 0 spiro atoms. The summed E-state index contributed by atoms with van der Waals surface area (Å²) < 4.78 is 1.64.